The number of azide groups is 1. The van der Waals surface area contributed by atoms with Gasteiger partial charge in [-0.3, -0.25) is 4.68 Å². The van der Waals surface area contributed by atoms with Crippen LogP contribution < -0.4 is 0 Å². The van der Waals surface area contributed by atoms with Gasteiger partial charge >= 0.3 is 5.97 Å². The number of aromatic nitrogens is 2. The monoisotopic (exact) mass is 321 g/mol. The third-order valence-corrected chi connectivity index (χ3v) is 3.84. The van der Waals surface area contributed by atoms with Gasteiger partial charge in [0.2, 0.25) is 0 Å². The van der Waals surface area contributed by atoms with E-state index in [-0.39, 0.29) is 12.6 Å². The van der Waals surface area contributed by atoms with Crippen LogP contribution in [0.15, 0.2) is 59.8 Å². The van der Waals surface area contributed by atoms with Gasteiger partial charge in [-0.05, 0) is 23.2 Å². The second kappa shape index (κ2) is 6.85. The van der Waals surface area contributed by atoms with Gasteiger partial charge in [-0.2, -0.15) is 5.10 Å². The molecule has 0 amide bonds. The average Bonchev–Trinajstić information content (AvgIpc) is 3.06. The van der Waals surface area contributed by atoms with Crippen molar-refractivity contribution in [1.29, 1.82) is 0 Å². The molecular formula is C17H15N5O2. The summed E-state index contributed by atoms with van der Waals surface area (Å²) in [6.07, 6.45) is 1.63. The maximum Gasteiger partial charge on any atom is 0.338 e. The Bertz CT molecular complexity index is 913. The standard InChI is InChI=1S/C17H15N5O2/c1-24-17(23)13-8-5-9-15-14(13)10-20-22(15)16(11-19-21-18)12-6-3-2-4-7-12/h2-10,16H,11H2,1H3. The van der Waals surface area contributed by atoms with Gasteiger partial charge in [-0.1, -0.05) is 41.5 Å². The second-order valence-electron chi connectivity index (χ2n) is 5.16. The van der Waals surface area contributed by atoms with Crippen molar-refractivity contribution in [2.45, 2.75) is 6.04 Å². The number of benzene rings is 2. The minimum absolute atomic E-state index is 0.222. The first-order valence-electron chi connectivity index (χ1n) is 7.36. The van der Waals surface area contributed by atoms with Gasteiger partial charge in [0.1, 0.15) is 0 Å². The van der Waals surface area contributed by atoms with Crippen LogP contribution in [0.25, 0.3) is 21.3 Å². The molecule has 0 saturated carbocycles. The number of carbonyl (C=O) groups is 1. The molecule has 1 heterocycles. The molecule has 7 heteroatoms. The molecule has 7 nitrogen and oxygen atoms in total. The third kappa shape index (κ3) is 2.80. The van der Waals surface area contributed by atoms with Crippen LogP contribution in [0.3, 0.4) is 0 Å². The number of nitrogens with zero attached hydrogens (tertiary/aromatic N) is 5. The van der Waals surface area contributed by atoms with Crippen LogP contribution >= 0.6 is 0 Å². The summed E-state index contributed by atoms with van der Waals surface area (Å²) in [7, 11) is 1.35. The molecule has 0 fully saturated rings. The van der Waals surface area contributed by atoms with Gasteiger partial charge < -0.3 is 4.74 Å². The fourth-order valence-electron chi connectivity index (χ4n) is 2.72. The van der Waals surface area contributed by atoms with Gasteiger partial charge in [-0.15, -0.1) is 0 Å². The highest BCUT2D eigenvalue weighted by atomic mass is 16.5. The van der Waals surface area contributed by atoms with Crippen LogP contribution in [0.5, 0.6) is 0 Å². The molecular weight excluding hydrogens is 306 g/mol. The summed E-state index contributed by atoms with van der Waals surface area (Å²) in [5.74, 6) is -0.411. The van der Waals surface area contributed by atoms with Gasteiger partial charge in [-0.25, -0.2) is 4.79 Å². The summed E-state index contributed by atoms with van der Waals surface area (Å²) in [5.41, 5.74) is 10.9. The second-order valence-corrected chi connectivity index (χ2v) is 5.16. The zero-order chi connectivity index (χ0) is 16.9. The number of esters is 1. The molecule has 0 radical (unpaired) electrons. The molecule has 0 aliphatic heterocycles. The molecule has 0 saturated heterocycles. The van der Waals surface area contributed by atoms with E-state index in [0.29, 0.717) is 10.9 Å². The lowest BCUT2D eigenvalue weighted by Gasteiger charge is -2.17. The summed E-state index contributed by atoms with van der Waals surface area (Å²) in [6, 6.07) is 14.8. The SMILES string of the molecule is COC(=O)c1cccc2c1cnn2C(CN=[N+]=[N-])c1ccccc1. The van der Waals surface area contributed by atoms with Crippen molar-refractivity contribution in [1.82, 2.24) is 9.78 Å². The lowest BCUT2D eigenvalue weighted by Crippen LogP contribution is -2.15. The van der Waals surface area contributed by atoms with E-state index in [9.17, 15) is 4.79 Å². The highest BCUT2D eigenvalue weighted by Gasteiger charge is 2.19. The maximum atomic E-state index is 11.9. The predicted molar refractivity (Wildman–Crippen MR) is 89.7 cm³/mol. The van der Waals surface area contributed by atoms with Crippen LogP contribution in [0.4, 0.5) is 0 Å². The number of methoxy groups -OCH3 is 1. The van der Waals surface area contributed by atoms with Gasteiger partial charge in [0.25, 0.3) is 0 Å². The van der Waals surface area contributed by atoms with Crippen LogP contribution in [0, 0.1) is 0 Å². The van der Waals surface area contributed by atoms with E-state index in [1.165, 1.54) is 7.11 Å². The van der Waals surface area contributed by atoms with Crippen molar-refractivity contribution in [3.63, 3.8) is 0 Å². The van der Waals surface area contributed by atoms with Crippen molar-refractivity contribution >= 4 is 16.9 Å². The summed E-state index contributed by atoms with van der Waals surface area (Å²) in [5, 5.41) is 8.84. The lowest BCUT2D eigenvalue weighted by molar-refractivity contribution is 0.0603. The quantitative estimate of drug-likeness (QED) is 0.310. The third-order valence-electron chi connectivity index (χ3n) is 3.84. The summed E-state index contributed by atoms with van der Waals surface area (Å²) >= 11 is 0. The summed E-state index contributed by atoms with van der Waals surface area (Å²) in [6.45, 7) is 0.222. The van der Waals surface area contributed by atoms with E-state index in [0.717, 1.165) is 11.1 Å². The molecule has 3 aromatic rings. The first-order chi connectivity index (χ1) is 11.8. The van der Waals surface area contributed by atoms with E-state index >= 15 is 0 Å². The van der Waals surface area contributed by atoms with Crippen LogP contribution in [-0.4, -0.2) is 29.4 Å². The summed E-state index contributed by atoms with van der Waals surface area (Å²) in [4.78, 5) is 14.8. The van der Waals surface area contributed by atoms with E-state index in [2.05, 4.69) is 15.1 Å². The van der Waals surface area contributed by atoms with Gasteiger partial charge in [0.05, 0.1) is 37.0 Å². The molecule has 1 aromatic heterocycles. The minimum Gasteiger partial charge on any atom is -0.465 e. The Morgan fingerprint density at radius 3 is 2.79 bits per heavy atom. The number of ether oxygens (including phenoxy) is 1. The molecule has 0 spiro atoms. The minimum atomic E-state index is -0.411. The summed E-state index contributed by atoms with van der Waals surface area (Å²) < 4.78 is 6.59. The Kier molecular flexibility index (Phi) is 4.45. The molecule has 3 rings (SSSR count). The fraction of sp³-hybridized carbons (Fsp3) is 0.176. The van der Waals surface area contributed by atoms with E-state index < -0.39 is 5.97 Å². The number of carbonyl (C=O) groups excluding carboxylic acids is 1. The maximum absolute atomic E-state index is 11.9. The Balaban J connectivity index is 2.15. The highest BCUT2D eigenvalue weighted by molar-refractivity contribution is 6.03. The average molecular weight is 321 g/mol. The topological polar surface area (TPSA) is 92.9 Å². The molecule has 2 aromatic carbocycles. The van der Waals surface area contributed by atoms with Crippen molar-refractivity contribution in [3.8, 4) is 0 Å². The van der Waals surface area contributed by atoms with E-state index in [1.54, 1.807) is 23.0 Å². The van der Waals surface area contributed by atoms with Gasteiger partial charge in [0, 0.05) is 10.3 Å². The molecule has 0 aliphatic carbocycles. The smallest absolute Gasteiger partial charge is 0.338 e. The van der Waals surface area contributed by atoms with E-state index in [1.807, 2.05) is 36.4 Å². The molecule has 1 unspecified atom stereocenters. The largest absolute Gasteiger partial charge is 0.465 e. The normalized spacial score (nSPS) is 11.7. The first kappa shape index (κ1) is 15.6. The number of hydrogen-bond acceptors (Lipinski definition) is 4. The first-order valence-corrected chi connectivity index (χ1v) is 7.36. The molecule has 0 bridgehead atoms. The van der Waals surface area contributed by atoms with E-state index in [4.69, 9.17) is 10.3 Å². The van der Waals surface area contributed by atoms with Crippen LogP contribution in [0.1, 0.15) is 22.0 Å². The molecule has 1 atom stereocenters. The van der Waals surface area contributed by atoms with Crippen LogP contribution in [0.2, 0.25) is 0 Å². The van der Waals surface area contributed by atoms with Crippen molar-refractivity contribution in [2.75, 3.05) is 13.7 Å². The zero-order valence-corrected chi connectivity index (χ0v) is 13.0. The highest BCUT2D eigenvalue weighted by Crippen LogP contribution is 2.26. The van der Waals surface area contributed by atoms with Crippen molar-refractivity contribution in [3.05, 3.63) is 76.3 Å². The Labute approximate surface area is 138 Å². The Morgan fingerprint density at radius 2 is 2.08 bits per heavy atom. The molecule has 0 aliphatic rings. The number of rotatable bonds is 5. The predicted octanol–water partition coefficient (Wildman–Crippen LogP) is 3.72. The lowest BCUT2D eigenvalue weighted by atomic mass is 10.1. The Hall–Kier alpha value is -3.31. The molecule has 24 heavy (non-hydrogen) atoms. The van der Waals surface area contributed by atoms with Crippen LogP contribution in [-0.2, 0) is 4.74 Å². The van der Waals surface area contributed by atoms with Crippen molar-refractivity contribution < 1.29 is 9.53 Å². The van der Waals surface area contributed by atoms with Crippen molar-refractivity contribution in [2.24, 2.45) is 5.11 Å². The molecule has 120 valence electrons. The number of fused-ring (bicyclic) bond motifs is 1. The Morgan fingerprint density at radius 1 is 1.29 bits per heavy atom. The van der Waals surface area contributed by atoms with Gasteiger partial charge in [0.15, 0.2) is 0 Å². The number of hydrogen-bond donors (Lipinski definition) is 0. The molecule has 0 N–H and O–H groups in total. The zero-order valence-electron chi connectivity index (χ0n) is 13.0. The fourth-order valence-corrected chi connectivity index (χ4v) is 2.72.